The van der Waals surface area contributed by atoms with Crippen molar-refractivity contribution >= 4 is 29.7 Å². The first-order chi connectivity index (χ1) is 21.8. The van der Waals surface area contributed by atoms with Gasteiger partial charge in [0, 0.05) is 26.3 Å². The summed E-state index contributed by atoms with van der Waals surface area (Å²) in [5.41, 5.74) is 1.61. The lowest BCUT2D eigenvalue weighted by molar-refractivity contribution is -0.146. The number of ether oxygens (including phenoxy) is 4. The van der Waals surface area contributed by atoms with Crippen molar-refractivity contribution in [3.05, 3.63) is 71.8 Å². The predicted octanol–water partition coefficient (Wildman–Crippen LogP) is 1.81. The molecule has 0 unspecified atom stereocenters. The molecule has 2 atom stereocenters. The van der Waals surface area contributed by atoms with Crippen molar-refractivity contribution in [2.24, 2.45) is 0 Å². The average molecular weight is 624 g/mol. The van der Waals surface area contributed by atoms with Gasteiger partial charge in [-0.2, -0.15) is 0 Å². The van der Waals surface area contributed by atoms with Crippen molar-refractivity contribution in [2.45, 2.75) is 57.9 Å². The third kappa shape index (κ3) is 16.6. The number of amides is 3. The second kappa shape index (κ2) is 21.9. The molecule has 2 aromatic rings. The molecule has 2 aromatic carbocycles. The van der Waals surface area contributed by atoms with E-state index < -0.39 is 41.7 Å². The van der Waals surface area contributed by atoms with Crippen LogP contribution in [0, 0.1) is 12.3 Å². The van der Waals surface area contributed by atoms with Crippen LogP contribution >= 0.6 is 0 Å². The van der Waals surface area contributed by atoms with E-state index in [-0.39, 0.29) is 65.3 Å². The first-order valence-electron chi connectivity index (χ1n) is 14.6. The van der Waals surface area contributed by atoms with Crippen LogP contribution in [-0.4, -0.2) is 74.7 Å². The SMILES string of the molecule is C#CCOCCOCCNC(=O)[C@@H](CCC(=O)OCc1ccccc1)NC(=O)[C@H](CCC(=O)OCc1ccccc1)NC(C)=O. The fraction of sp³-hybridized carbons (Fsp3) is 0.424. The van der Waals surface area contributed by atoms with Crippen LogP contribution in [0.25, 0.3) is 0 Å². The number of hydrogen-bond acceptors (Lipinski definition) is 9. The summed E-state index contributed by atoms with van der Waals surface area (Å²) in [4.78, 5) is 62.9. The quantitative estimate of drug-likeness (QED) is 0.107. The van der Waals surface area contributed by atoms with Crippen molar-refractivity contribution in [1.29, 1.82) is 0 Å². The zero-order valence-electron chi connectivity index (χ0n) is 25.5. The van der Waals surface area contributed by atoms with Crippen LogP contribution in [0.2, 0.25) is 0 Å². The summed E-state index contributed by atoms with van der Waals surface area (Å²) in [5, 5.41) is 7.78. The van der Waals surface area contributed by atoms with Gasteiger partial charge >= 0.3 is 11.9 Å². The molecule has 0 fully saturated rings. The number of terminal acetylenes is 1. The van der Waals surface area contributed by atoms with Gasteiger partial charge < -0.3 is 34.9 Å². The minimum atomic E-state index is -1.14. The molecule has 0 saturated heterocycles. The predicted molar refractivity (Wildman–Crippen MR) is 164 cm³/mol. The van der Waals surface area contributed by atoms with Crippen molar-refractivity contribution in [3.8, 4) is 12.3 Å². The van der Waals surface area contributed by atoms with Gasteiger partial charge in [-0.15, -0.1) is 6.42 Å². The van der Waals surface area contributed by atoms with Gasteiger partial charge in [0.15, 0.2) is 0 Å². The molecule has 242 valence electrons. The van der Waals surface area contributed by atoms with Crippen LogP contribution in [0.1, 0.15) is 43.7 Å². The van der Waals surface area contributed by atoms with Crippen LogP contribution in [0.15, 0.2) is 60.7 Å². The fourth-order valence-electron chi connectivity index (χ4n) is 3.92. The van der Waals surface area contributed by atoms with Gasteiger partial charge in [-0.1, -0.05) is 66.6 Å². The van der Waals surface area contributed by atoms with E-state index >= 15 is 0 Å². The van der Waals surface area contributed by atoms with Crippen LogP contribution in [0.3, 0.4) is 0 Å². The first kappa shape index (κ1) is 36.5. The summed E-state index contributed by atoms with van der Waals surface area (Å²) in [7, 11) is 0. The number of carbonyl (C=O) groups excluding carboxylic acids is 5. The van der Waals surface area contributed by atoms with Crippen molar-refractivity contribution < 1.29 is 42.9 Å². The zero-order chi connectivity index (χ0) is 32.7. The van der Waals surface area contributed by atoms with Crippen LogP contribution in [0.5, 0.6) is 0 Å². The average Bonchev–Trinajstić information content (AvgIpc) is 3.04. The van der Waals surface area contributed by atoms with Gasteiger partial charge in [0.2, 0.25) is 17.7 Å². The molecule has 0 aliphatic rings. The van der Waals surface area contributed by atoms with Crippen LogP contribution < -0.4 is 16.0 Å². The highest BCUT2D eigenvalue weighted by Gasteiger charge is 2.27. The fourth-order valence-corrected chi connectivity index (χ4v) is 3.92. The Bertz CT molecular complexity index is 1250. The molecule has 45 heavy (non-hydrogen) atoms. The Kier molecular flexibility index (Phi) is 17.7. The first-order valence-corrected chi connectivity index (χ1v) is 14.6. The lowest BCUT2D eigenvalue weighted by atomic mass is 10.1. The Labute approximate surface area is 263 Å². The largest absolute Gasteiger partial charge is 0.461 e. The third-order valence-electron chi connectivity index (χ3n) is 6.19. The van der Waals surface area contributed by atoms with Gasteiger partial charge in [-0.05, 0) is 24.0 Å². The lowest BCUT2D eigenvalue weighted by Crippen LogP contribution is -2.54. The Morgan fingerprint density at radius 1 is 0.711 bits per heavy atom. The van der Waals surface area contributed by atoms with E-state index in [0.29, 0.717) is 6.61 Å². The van der Waals surface area contributed by atoms with Crippen molar-refractivity contribution in [2.75, 3.05) is 33.0 Å². The molecule has 0 aromatic heterocycles. The van der Waals surface area contributed by atoms with E-state index in [2.05, 4.69) is 21.9 Å². The Morgan fingerprint density at radius 3 is 1.73 bits per heavy atom. The van der Waals surface area contributed by atoms with E-state index in [1.165, 1.54) is 6.92 Å². The summed E-state index contributed by atoms with van der Waals surface area (Å²) >= 11 is 0. The van der Waals surface area contributed by atoms with Gasteiger partial charge in [-0.25, -0.2) is 0 Å². The topological polar surface area (TPSA) is 158 Å². The molecular weight excluding hydrogens is 582 g/mol. The van der Waals surface area contributed by atoms with Crippen LogP contribution in [-0.2, 0) is 56.1 Å². The highest BCUT2D eigenvalue weighted by molar-refractivity contribution is 5.92. The lowest BCUT2D eigenvalue weighted by Gasteiger charge is -2.23. The molecule has 0 aliphatic carbocycles. The molecule has 2 rings (SSSR count). The van der Waals surface area contributed by atoms with E-state index in [1.807, 2.05) is 60.7 Å². The molecule has 12 heteroatoms. The highest BCUT2D eigenvalue weighted by atomic mass is 16.5. The molecule has 0 saturated carbocycles. The van der Waals surface area contributed by atoms with E-state index in [1.54, 1.807) is 0 Å². The van der Waals surface area contributed by atoms with Crippen molar-refractivity contribution in [3.63, 3.8) is 0 Å². The van der Waals surface area contributed by atoms with E-state index in [4.69, 9.17) is 25.4 Å². The third-order valence-corrected chi connectivity index (χ3v) is 6.19. The maximum Gasteiger partial charge on any atom is 0.306 e. The van der Waals surface area contributed by atoms with Gasteiger partial charge in [-0.3, -0.25) is 24.0 Å². The number of carbonyl (C=O) groups is 5. The van der Waals surface area contributed by atoms with Crippen LogP contribution in [0.4, 0.5) is 0 Å². The molecular formula is C33H41N3O9. The number of hydrogen-bond donors (Lipinski definition) is 3. The number of rotatable bonds is 21. The van der Waals surface area contributed by atoms with E-state index in [0.717, 1.165) is 11.1 Å². The molecule has 0 aliphatic heterocycles. The normalized spacial score (nSPS) is 11.7. The zero-order valence-corrected chi connectivity index (χ0v) is 25.5. The maximum absolute atomic E-state index is 13.2. The van der Waals surface area contributed by atoms with E-state index in [9.17, 15) is 24.0 Å². The minimum absolute atomic E-state index is 0.0657. The summed E-state index contributed by atoms with van der Waals surface area (Å²) in [5.74, 6) is -0.517. The number of benzene rings is 2. The summed E-state index contributed by atoms with van der Waals surface area (Å²) < 4.78 is 21.1. The second-order valence-corrected chi connectivity index (χ2v) is 9.84. The Morgan fingerprint density at radius 2 is 1.22 bits per heavy atom. The van der Waals surface area contributed by atoms with Crippen molar-refractivity contribution in [1.82, 2.24) is 16.0 Å². The molecule has 0 spiro atoms. The Hall–Kier alpha value is -4.73. The second-order valence-electron chi connectivity index (χ2n) is 9.84. The molecule has 3 amide bonds. The standard InChI is InChI=1S/C33H41N3O9/c1-3-19-42-21-22-43-20-18-34-32(40)28(14-16-30(38)44-23-26-10-6-4-7-11-26)36-33(41)29(35-25(2)37)15-17-31(39)45-24-27-12-8-5-9-13-27/h1,4-13,28-29H,14-24H2,2H3,(H,34,40)(H,35,37)(H,36,41)/t28-,29+/m1/s1. The number of esters is 2. The summed E-state index contributed by atoms with van der Waals surface area (Å²) in [6.07, 6.45) is 4.66. The molecule has 3 N–H and O–H groups in total. The smallest absolute Gasteiger partial charge is 0.306 e. The maximum atomic E-state index is 13.2. The number of nitrogens with one attached hydrogen (secondary N) is 3. The molecule has 0 heterocycles. The highest BCUT2D eigenvalue weighted by Crippen LogP contribution is 2.08. The molecule has 0 radical (unpaired) electrons. The summed E-state index contributed by atoms with van der Waals surface area (Å²) in [6, 6.07) is 16.0. The molecule has 0 bridgehead atoms. The molecule has 12 nitrogen and oxygen atoms in total. The summed E-state index contributed by atoms with van der Waals surface area (Å²) in [6.45, 7) is 2.41. The monoisotopic (exact) mass is 623 g/mol. The van der Waals surface area contributed by atoms with Gasteiger partial charge in [0.05, 0.1) is 19.8 Å². The Balaban J connectivity index is 1.95. The van der Waals surface area contributed by atoms with Gasteiger partial charge in [0.1, 0.15) is 31.9 Å². The minimum Gasteiger partial charge on any atom is -0.461 e. The van der Waals surface area contributed by atoms with Gasteiger partial charge in [0.25, 0.3) is 0 Å².